The molecule has 1 saturated heterocycles. The number of hydrogen-bond acceptors (Lipinski definition) is 3. The normalized spacial score (nSPS) is 13.8. The maximum atomic E-state index is 13.1. The molecule has 3 aromatic carbocycles. The molecule has 7 heteroatoms. The average Bonchev–Trinajstić information content (AvgIpc) is 3.26. The lowest BCUT2D eigenvalue weighted by Crippen LogP contribution is -2.35. The van der Waals surface area contributed by atoms with Crippen molar-refractivity contribution < 1.29 is 9.59 Å². The Morgan fingerprint density at radius 1 is 0.882 bits per heavy atom. The van der Waals surface area contributed by atoms with Crippen LogP contribution in [-0.2, 0) is 0 Å². The Balaban J connectivity index is 1.36. The van der Waals surface area contributed by atoms with Gasteiger partial charge in [0.2, 0.25) is 0 Å². The van der Waals surface area contributed by atoms with Gasteiger partial charge in [-0.2, -0.15) is 5.10 Å². The standard InChI is InChI=1S/C27H25ClN4O2/c1-18-15-25(32(30-18)24-12-8-20-16-22(28)9-5-21(20)17-24)26(33)29-23-10-6-19(7-11-23)27(34)31-13-3-2-4-14-31/h5-12,15-17H,2-4,13-14H2,1H3,(H,29,33). The number of halogens is 1. The van der Waals surface area contributed by atoms with Gasteiger partial charge in [-0.25, -0.2) is 4.68 Å². The molecule has 0 saturated carbocycles. The van der Waals surface area contributed by atoms with Gasteiger partial charge in [0.1, 0.15) is 5.69 Å². The third kappa shape index (κ3) is 4.54. The maximum absolute atomic E-state index is 13.1. The molecule has 1 aromatic heterocycles. The predicted molar refractivity (Wildman–Crippen MR) is 135 cm³/mol. The lowest BCUT2D eigenvalue weighted by molar-refractivity contribution is 0.0724. The summed E-state index contributed by atoms with van der Waals surface area (Å²) in [7, 11) is 0. The topological polar surface area (TPSA) is 67.2 Å². The number of anilines is 1. The van der Waals surface area contributed by atoms with Crippen molar-refractivity contribution >= 4 is 39.9 Å². The highest BCUT2D eigenvalue weighted by Crippen LogP contribution is 2.24. The number of nitrogens with one attached hydrogen (secondary N) is 1. The maximum Gasteiger partial charge on any atom is 0.274 e. The van der Waals surface area contributed by atoms with Crippen LogP contribution in [-0.4, -0.2) is 39.6 Å². The first-order valence-corrected chi connectivity index (χ1v) is 11.8. The zero-order valence-corrected chi connectivity index (χ0v) is 19.7. The second-order valence-corrected chi connectivity index (χ2v) is 9.08. The lowest BCUT2D eigenvalue weighted by atomic mass is 10.1. The van der Waals surface area contributed by atoms with E-state index < -0.39 is 0 Å². The van der Waals surface area contributed by atoms with E-state index in [1.165, 1.54) is 6.42 Å². The van der Waals surface area contributed by atoms with Crippen molar-refractivity contribution in [3.05, 3.63) is 88.7 Å². The molecule has 0 unspecified atom stereocenters. The summed E-state index contributed by atoms with van der Waals surface area (Å²) in [5.41, 5.74) is 3.22. The van der Waals surface area contributed by atoms with Crippen LogP contribution in [0.1, 0.15) is 45.8 Å². The summed E-state index contributed by atoms with van der Waals surface area (Å²) in [6.45, 7) is 3.47. The van der Waals surface area contributed by atoms with Crippen LogP contribution < -0.4 is 5.32 Å². The second kappa shape index (κ2) is 9.31. The van der Waals surface area contributed by atoms with Crippen molar-refractivity contribution in [1.82, 2.24) is 14.7 Å². The minimum absolute atomic E-state index is 0.0452. The summed E-state index contributed by atoms with van der Waals surface area (Å²) in [6.07, 6.45) is 3.29. The fourth-order valence-electron chi connectivity index (χ4n) is 4.36. The van der Waals surface area contributed by atoms with Gasteiger partial charge in [0.05, 0.1) is 11.4 Å². The Morgan fingerprint density at radius 2 is 1.59 bits per heavy atom. The number of aryl methyl sites for hydroxylation is 1. The van der Waals surface area contributed by atoms with E-state index in [0.717, 1.165) is 48.1 Å². The summed E-state index contributed by atoms with van der Waals surface area (Å²) in [5, 5.41) is 10.2. The number of nitrogens with zero attached hydrogens (tertiary/aromatic N) is 3. The first-order valence-electron chi connectivity index (χ1n) is 11.4. The first kappa shape index (κ1) is 22.2. The SMILES string of the molecule is Cc1cc(C(=O)Nc2ccc(C(=O)N3CCCCC3)cc2)n(-c2ccc3cc(Cl)ccc3c2)n1. The molecule has 6 nitrogen and oxygen atoms in total. The summed E-state index contributed by atoms with van der Waals surface area (Å²) < 4.78 is 1.65. The molecule has 4 aromatic rings. The van der Waals surface area contributed by atoms with Crippen LogP contribution in [0.15, 0.2) is 66.7 Å². The largest absolute Gasteiger partial charge is 0.339 e. The molecule has 1 fully saturated rings. The summed E-state index contributed by atoms with van der Waals surface area (Å²) >= 11 is 6.10. The van der Waals surface area contributed by atoms with E-state index in [0.29, 0.717) is 22.0 Å². The number of benzene rings is 3. The lowest BCUT2D eigenvalue weighted by Gasteiger charge is -2.26. The van der Waals surface area contributed by atoms with Gasteiger partial charge >= 0.3 is 0 Å². The molecule has 172 valence electrons. The average molecular weight is 473 g/mol. The third-order valence-electron chi connectivity index (χ3n) is 6.13. The molecule has 0 atom stereocenters. The van der Waals surface area contributed by atoms with Crippen LogP contribution >= 0.6 is 11.6 Å². The molecule has 5 rings (SSSR count). The number of amides is 2. The van der Waals surface area contributed by atoms with Crippen molar-refractivity contribution in [1.29, 1.82) is 0 Å². The molecule has 1 N–H and O–H groups in total. The molecule has 1 aliphatic heterocycles. The molecule has 2 amide bonds. The van der Waals surface area contributed by atoms with Gasteiger partial charge in [-0.05, 0) is 91.6 Å². The number of hydrogen-bond donors (Lipinski definition) is 1. The van der Waals surface area contributed by atoms with Gasteiger partial charge in [-0.15, -0.1) is 0 Å². The second-order valence-electron chi connectivity index (χ2n) is 8.64. The third-order valence-corrected chi connectivity index (χ3v) is 6.36. The van der Waals surface area contributed by atoms with Crippen LogP contribution in [0.5, 0.6) is 0 Å². The Bertz CT molecular complexity index is 1370. The number of aromatic nitrogens is 2. The number of rotatable bonds is 4. The molecule has 2 heterocycles. The van der Waals surface area contributed by atoms with E-state index in [1.54, 1.807) is 35.0 Å². The van der Waals surface area contributed by atoms with Gasteiger partial charge < -0.3 is 10.2 Å². The number of likely N-dealkylation sites (tertiary alicyclic amines) is 1. The van der Waals surface area contributed by atoms with Crippen molar-refractivity contribution in [2.75, 3.05) is 18.4 Å². The molecule has 0 spiro atoms. The molecule has 1 aliphatic rings. The van der Waals surface area contributed by atoms with Crippen molar-refractivity contribution in [2.45, 2.75) is 26.2 Å². The van der Waals surface area contributed by atoms with Gasteiger partial charge in [0, 0.05) is 29.4 Å². The first-order chi connectivity index (χ1) is 16.5. The van der Waals surface area contributed by atoms with E-state index in [-0.39, 0.29) is 11.8 Å². The van der Waals surface area contributed by atoms with Gasteiger partial charge in [-0.1, -0.05) is 23.7 Å². The van der Waals surface area contributed by atoms with Crippen molar-refractivity contribution in [2.24, 2.45) is 0 Å². The van der Waals surface area contributed by atoms with E-state index in [4.69, 9.17) is 11.6 Å². The molecular formula is C27H25ClN4O2. The number of carbonyl (C=O) groups excluding carboxylic acids is 2. The summed E-state index contributed by atoms with van der Waals surface area (Å²) in [4.78, 5) is 27.7. The Hall–Kier alpha value is -3.64. The van der Waals surface area contributed by atoms with E-state index in [9.17, 15) is 9.59 Å². The molecular weight excluding hydrogens is 448 g/mol. The summed E-state index contributed by atoms with van der Waals surface area (Å²) in [5.74, 6) is -0.226. The molecule has 34 heavy (non-hydrogen) atoms. The molecule has 0 aliphatic carbocycles. The quantitative estimate of drug-likeness (QED) is 0.404. The van der Waals surface area contributed by atoms with Crippen LogP contribution in [0.25, 0.3) is 16.5 Å². The number of fused-ring (bicyclic) bond motifs is 1. The van der Waals surface area contributed by atoms with Gasteiger partial charge in [-0.3, -0.25) is 9.59 Å². The van der Waals surface area contributed by atoms with Crippen LogP contribution in [0.4, 0.5) is 5.69 Å². The number of piperidine rings is 1. The highest BCUT2D eigenvalue weighted by atomic mass is 35.5. The van der Waals surface area contributed by atoms with E-state index in [1.807, 2.05) is 48.2 Å². The molecule has 0 bridgehead atoms. The van der Waals surface area contributed by atoms with Crippen LogP contribution in [0.2, 0.25) is 5.02 Å². The highest BCUT2D eigenvalue weighted by Gasteiger charge is 2.19. The van der Waals surface area contributed by atoms with E-state index in [2.05, 4.69) is 10.4 Å². The minimum atomic E-state index is -0.271. The van der Waals surface area contributed by atoms with Crippen LogP contribution in [0.3, 0.4) is 0 Å². The predicted octanol–water partition coefficient (Wildman–Crippen LogP) is 5.87. The summed E-state index contributed by atoms with van der Waals surface area (Å²) in [6, 6.07) is 20.4. The molecule has 0 radical (unpaired) electrons. The minimum Gasteiger partial charge on any atom is -0.339 e. The zero-order valence-electron chi connectivity index (χ0n) is 18.9. The smallest absolute Gasteiger partial charge is 0.274 e. The monoisotopic (exact) mass is 472 g/mol. The van der Waals surface area contributed by atoms with E-state index >= 15 is 0 Å². The van der Waals surface area contributed by atoms with Gasteiger partial charge in [0.25, 0.3) is 11.8 Å². The van der Waals surface area contributed by atoms with Crippen molar-refractivity contribution in [3.8, 4) is 5.69 Å². The Labute approximate surface area is 203 Å². The van der Waals surface area contributed by atoms with Gasteiger partial charge in [0.15, 0.2) is 0 Å². The van der Waals surface area contributed by atoms with Crippen LogP contribution in [0, 0.1) is 6.92 Å². The number of carbonyl (C=O) groups is 2. The zero-order chi connectivity index (χ0) is 23.7. The Kier molecular flexibility index (Phi) is 6.07. The van der Waals surface area contributed by atoms with Crippen molar-refractivity contribution in [3.63, 3.8) is 0 Å². The highest BCUT2D eigenvalue weighted by molar-refractivity contribution is 6.31. The fraction of sp³-hybridized carbons (Fsp3) is 0.222. The Morgan fingerprint density at radius 3 is 2.35 bits per heavy atom. The fourth-order valence-corrected chi connectivity index (χ4v) is 4.55.